The molecule has 0 saturated heterocycles. The van der Waals surface area contributed by atoms with Crippen LogP contribution in [0.5, 0.6) is 0 Å². The number of nitrogen functional groups attached to an aromatic ring is 1. The SMILES string of the molecule is Cc1cc(F)c(N)cc1S(=O)(=O)NCCCn1ccnc1. The van der Waals surface area contributed by atoms with E-state index in [9.17, 15) is 12.8 Å². The maximum Gasteiger partial charge on any atom is 0.240 e. The van der Waals surface area contributed by atoms with Gasteiger partial charge in [-0.15, -0.1) is 0 Å². The zero-order chi connectivity index (χ0) is 15.5. The molecule has 2 aromatic rings. The summed E-state index contributed by atoms with van der Waals surface area (Å²) in [7, 11) is -3.69. The van der Waals surface area contributed by atoms with Gasteiger partial charge < -0.3 is 10.3 Å². The molecule has 0 aliphatic rings. The van der Waals surface area contributed by atoms with E-state index in [1.54, 1.807) is 18.7 Å². The Morgan fingerprint density at radius 2 is 2.19 bits per heavy atom. The molecule has 0 aliphatic carbocycles. The van der Waals surface area contributed by atoms with Crippen molar-refractivity contribution in [1.82, 2.24) is 14.3 Å². The van der Waals surface area contributed by atoms with Crippen molar-refractivity contribution in [2.45, 2.75) is 24.8 Å². The van der Waals surface area contributed by atoms with Crippen molar-refractivity contribution in [1.29, 1.82) is 0 Å². The summed E-state index contributed by atoms with van der Waals surface area (Å²) in [6.07, 6.45) is 5.75. The van der Waals surface area contributed by atoms with Crippen LogP contribution in [0.25, 0.3) is 0 Å². The topological polar surface area (TPSA) is 90.0 Å². The molecule has 1 aromatic heterocycles. The van der Waals surface area contributed by atoms with Crippen molar-refractivity contribution in [2.75, 3.05) is 12.3 Å². The molecule has 0 saturated carbocycles. The molecule has 3 N–H and O–H groups in total. The lowest BCUT2D eigenvalue weighted by Crippen LogP contribution is -2.26. The van der Waals surface area contributed by atoms with Gasteiger partial charge in [0.15, 0.2) is 0 Å². The maximum absolute atomic E-state index is 13.3. The number of hydrogen-bond donors (Lipinski definition) is 2. The second-order valence-electron chi connectivity index (χ2n) is 4.69. The van der Waals surface area contributed by atoms with Crippen LogP contribution in [0.1, 0.15) is 12.0 Å². The van der Waals surface area contributed by atoms with Crippen molar-refractivity contribution in [3.8, 4) is 0 Å². The Hall–Kier alpha value is -1.93. The number of aryl methyl sites for hydroxylation is 2. The minimum atomic E-state index is -3.69. The van der Waals surface area contributed by atoms with E-state index in [2.05, 4.69) is 9.71 Å². The summed E-state index contributed by atoms with van der Waals surface area (Å²) in [5, 5.41) is 0. The van der Waals surface area contributed by atoms with Crippen LogP contribution in [0.3, 0.4) is 0 Å². The lowest BCUT2D eigenvalue weighted by molar-refractivity contribution is 0.568. The van der Waals surface area contributed by atoms with Crippen LogP contribution in [0.15, 0.2) is 35.7 Å². The van der Waals surface area contributed by atoms with Crippen molar-refractivity contribution in [3.63, 3.8) is 0 Å². The quantitative estimate of drug-likeness (QED) is 0.621. The molecular weight excluding hydrogens is 295 g/mol. The zero-order valence-electron chi connectivity index (χ0n) is 11.6. The summed E-state index contributed by atoms with van der Waals surface area (Å²) in [6, 6.07) is 2.26. The van der Waals surface area contributed by atoms with Crippen LogP contribution in [0.4, 0.5) is 10.1 Å². The fourth-order valence-corrected chi connectivity index (χ4v) is 3.26. The van der Waals surface area contributed by atoms with Gasteiger partial charge in [-0.25, -0.2) is 22.5 Å². The summed E-state index contributed by atoms with van der Waals surface area (Å²) in [5.41, 5.74) is 5.57. The van der Waals surface area contributed by atoms with Gasteiger partial charge in [0.2, 0.25) is 10.0 Å². The molecule has 0 radical (unpaired) electrons. The first-order valence-corrected chi connectivity index (χ1v) is 7.89. The molecule has 6 nitrogen and oxygen atoms in total. The van der Waals surface area contributed by atoms with E-state index in [1.165, 1.54) is 6.92 Å². The Morgan fingerprint density at radius 3 is 2.86 bits per heavy atom. The number of nitrogens with zero attached hydrogens (tertiary/aromatic N) is 2. The molecular formula is C13H17FN4O2S. The second kappa shape index (κ2) is 6.23. The van der Waals surface area contributed by atoms with Gasteiger partial charge in [-0.3, -0.25) is 0 Å². The predicted octanol–water partition coefficient (Wildman–Crippen LogP) is 1.28. The molecule has 114 valence electrons. The number of benzene rings is 1. The third-order valence-corrected chi connectivity index (χ3v) is 4.63. The average Bonchev–Trinajstić information content (AvgIpc) is 2.92. The Morgan fingerprint density at radius 1 is 1.43 bits per heavy atom. The molecule has 0 unspecified atom stereocenters. The Balaban J connectivity index is 2.00. The summed E-state index contributed by atoms with van der Waals surface area (Å²) in [5.74, 6) is -0.619. The van der Waals surface area contributed by atoms with E-state index in [1.807, 2.05) is 4.57 Å². The van der Waals surface area contributed by atoms with Crippen LogP contribution in [-0.2, 0) is 16.6 Å². The van der Waals surface area contributed by atoms with E-state index >= 15 is 0 Å². The summed E-state index contributed by atoms with van der Waals surface area (Å²) >= 11 is 0. The smallest absolute Gasteiger partial charge is 0.240 e. The van der Waals surface area contributed by atoms with Crippen LogP contribution in [0, 0.1) is 12.7 Å². The lowest BCUT2D eigenvalue weighted by atomic mass is 10.2. The number of nitrogens with two attached hydrogens (primary N) is 1. The Labute approximate surface area is 122 Å². The van der Waals surface area contributed by atoms with Crippen LogP contribution in [-0.4, -0.2) is 24.5 Å². The third-order valence-electron chi connectivity index (χ3n) is 3.03. The molecule has 0 bridgehead atoms. The van der Waals surface area contributed by atoms with Crippen molar-refractivity contribution >= 4 is 15.7 Å². The normalized spacial score (nSPS) is 11.7. The number of imidazole rings is 1. The van der Waals surface area contributed by atoms with E-state index in [4.69, 9.17) is 5.73 Å². The minimum Gasteiger partial charge on any atom is -0.396 e. The summed E-state index contributed by atoms with van der Waals surface area (Å²) in [6.45, 7) is 2.47. The van der Waals surface area contributed by atoms with E-state index in [0.717, 1.165) is 12.1 Å². The van der Waals surface area contributed by atoms with Crippen molar-refractivity contribution in [2.24, 2.45) is 0 Å². The van der Waals surface area contributed by atoms with Crippen LogP contribution < -0.4 is 10.5 Å². The number of rotatable bonds is 6. The molecule has 8 heteroatoms. The molecule has 0 atom stereocenters. The molecule has 21 heavy (non-hydrogen) atoms. The highest BCUT2D eigenvalue weighted by molar-refractivity contribution is 7.89. The number of aromatic nitrogens is 2. The van der Waals surface area contributed by atoms with Gasteiger partial charge in [0.25, 0.3) is 0 Å². The highest BCUT2D eigenvalue weighted by Crippen LogP contribution is 2.21. The second-order valence-corrected chi connectivity index (χ2v) is 6.43. The first-order valence-electron chi connectivity index (χ1n) is 6.41. The Bertz CT molecular complexity index is 714. The lowest BCUT2D eigenvalue weighted by Gasteiger charge is -2.10. The number of sulfonamides is 1. The van der Waals surface area contributed by atoms with E-state index < -0.39 is 15.8 Å². The van der Waals surface area contributed by atoms with Crippen molar-refractivity contribution in [3.05, 3.63) is 42.2 Å². The largest absolute Gasteiger partial charge is 0.396 e. The van der Waals surface area contributed by atoms with Gasteiger partial charge in [0.1, 0.15) is 5.82 Å². The molecule has 1 heterocycles. The molecule has 0 spiro atoms. The number of nitrogens with one attached hydrogen (secondary N) is 1. The van der Waals surface area contributed by atoms with Crippen LogP contribution in [0.2, 0.25) is 0 Å². The number of anilines is 1. The molecule has 1 aromatic carbocycles. The molecule has 0 amide bonds. The van der Waals surface area contributed by atoms with Gasteiger partial charge in [0, 0.05) is 25.5 Å². The predicted molar refractivity (Wildman–Crippen MR) is 77.6 cm³/mol. The summed E-state index contributed by atoms with van der Waals surface area (Å²) in [4.78, 5) is 3.91. The molecule has 0 aliphatic heterocycles. The van der Waals surface area contributed by atoms with Crippen LogP contribution >= 0.6 is 0 Å². The standard InChI is InChI=1S/C13H17FN4O2S/c1-10-7-11(14)12(15)8-13(10)21(19,20)17-3-2-5-18-6-4-16-9-18/h4,6-9,17H,2-3,5,15H2,1H3. The number of halogens is 1. The minimum absolute atomic E-state index is 0.00373. The van der Waals surface area contributed by atoms with Crippen molar-refractivity contribution < 1.29 is 12.8 Å². The van der Waals surface area contributed by atoms with Gasteiger partial charge in [-0.05, 0) is 31.0 Å². The average molecular weight is 312 g/mol. The maximum atomic E-state index is 13.3. The highest BCUT2D eigenvalue weighted by atomic mass is 32.2. The van der Waals surface area contributed by atoms with Gasteiger partial charge >= 0.3 is 0 Å². The third kappa shape index (κ3) is 3.79. The van der Waals surface area contributed by atoms with Gasteiger partial charge in [-0.2, -0.15) is 0 Å². The van der Waals surface area contributed by atoms with E-state index in [0.29, 0.717) is 18.5 Å². The summed E-state index contributed by atoms with van der Waals surface area (Å²) < 4.78 is 41.9. The first-order chi connectivity index (χ1) is 9.90. The number of hydrogen-bond acceptors (Lipinski definition) is 4. The highest BCUT2D eigenvalue weighted by Gasteiger charge is 2.18. The monoisotopic (exact) mass is 312 g/mol. The van der Waals surface area contributed by atoms with Gasteiger partial charge in [-0.1, -0.05) is 0 Å². The van der Waals surface area contributed by atoms with E-state index in [-0.39, 0.29) is 17.1 Å². The first kappa shape index (κ1) is 15.5. The fourth-order valence-electron chi connectivity index (χ4n) is 1.92. The molecule has 2 rings (SSSR count). The molecule has 0 fully saturated rings. The zero-order valence-corrected chi connectivity index (χ0v) is 12.4. The Kier molecular flexibility index (Phi) is 4.59. The fraction of sp³-hybridized carbons (Fsp3) is 0.308. The van der Waals surface area contributed by atoms with Gasteiger partial charge in [0.05, 0.1) is 16.9 Å².